The molecule has 1 saturated heterocycles. The lowest BCUT2D eigenvalue weighted by Gasteiger charge is -2.29. The fraction of sp³-hybridized carbons (Fsp3) is 0.625. The van der Waals surface area contributed by atoms with Crippen LogP contribution in [0.25, 0.3) is 0 Å². The van der Waals surface area contributed by atoms with Gasteiger partial charge >= 0.3 is 0 Å². The van der Waals surface area contributed by atoms with E-state index >= 15 is 0 Å². The summed E-state index contributed by atoms with van der Waals surface area (Å²) in [6, 6.07) is -0.0428. The van der Waals surface area contributed by atoms with E-state index in [1.54, 1.807) is 11.8 Å². The van der Waals surface area contributed by atoms with Gasteiger partial charge in [-0.3, -0.25) is 9.69 Å². The first-order valence-corrected chi connectivity index (χ1v) is 4.69. The number of terminal acetylenes is 1. The van der Waals surface area contributed by atoms with Gasteiger partial charge < -0.3 is 0 Å². The minimum absolute atomic E-state index is 0.0428. The van der Waals surface area contributed by atoms with Gasteiger partial charge in [-0.2, -0.15) is 11.8 Å². The van der Waals surface area contributed by atoms with E-state index in [-0.39, 0.29) is 11.8 Å². The number of carbonyl (C=O) groups is 1. The molecule has 0 spiro atoms. The molecule has 1 unspecified atom stereocenters. The smallest absolute Gasteiger partial charge is 0.223 e. The highest BCUT2D eigenvalue weighted by atomic mass is 32.2. The Kier molecular flexibility index (Phi) is 2.98. The zero-order valence-corrected chi connectivity index (χ0v) is 7.36. The molecule has 11 heavy (non-hydrogen) atoms. The minimum Gasteiger partial charge on any atom is -0.294 e. The first kappa shape index (κ1) is 8.63. The van der Waals surface area contributed by atoms with Gasteiger partial charge in [0.05, 0.1) is 6.04 Å². The van der Waals surface area contributed by atoms with Gasteiger partial charge in [-0.05, 0) is 13.0 Å². The van der Waals surface area contributed by atoms with Crippen LogP contribution in [0.5, 0.6) is 0 Å². The Morgan fingerprint density at radius 3 is 3.09 bits per heavy atom. The van der Waals surface area contributed by atoms with Crippen LogP contribution in [0.3, 0.4) is 0 Å². The van der Waals surface area contributed by atoms with Gasteiger partial charge in [0.2, 0.25) is 5.78 Å². The van der Waals surface area contributed by atoms with Crippen LogP contribution in [-0.4, -0.2) is 41.8 Å². The minimum atomic E-state index is -0.0836. The average Bonchev–Trinajstić information content (AvgIpc) is 2.04. The summed E-state index contributed by atoms with van der Waals surface area (Å²) in [7, 11) is 1.94. The monoisotopic (exact) mass is 169 g/mol. The molecule has 0 aliphatic carbocycles. The zero-order valence-electron chi connectivity index (χ0n) is 6.54. The number of nitrogens with zero attached hydrogens (tertiary/aromatic N) is 1. The van der Waals surface area contributed by atoms with Gasteiger partial charge in [0.15, 0.2) is 0 Å². The van der Waals surface area contributed by atoms with E-state index in [0.29, 0.717) is 0 Å². The highest BCUT2D eigenvalue weighted by Crippen LogP contribution is 2.14. The van der Waals surface area contributed by atoms with E-state index in [2.05, 4.69) is 5.92 Å². The summed E-state index contributed by atoms with van der Waals surface area (Å²) in [5.74, 6) is 4.04. The maximum Gasteiger partial charge on any atom is 0.223 e. The third kappa shape index (κ3) is 1.98. The molecule has 1 fully saturated rings. The van der Waals surface area contributed by atoms with Crippen molar-refractivity contribution in [3.05, 3.63) is 0 Å². The second-order valence-electron chi connectivity index (χ2n) is 2.58. The molecule has 0 aromatic rings. The van der Waals surface area contributed by atoms with E-state index in [4.69, 9.17) is 6.42 Å². The summed E-state index contributed by atoms with van der Waals surface area (Å²) in [5.41, 5.74) is 0. The largest absolute Gasteiger partial charge is 0.294 e. The molecule has 0 N–H and O–H groups in total. The van der Waals surface area contributed by atoms with Crippen LogP contribution in [0.4, 0.5) is 0 Å². The van der Waals surface area contributed by atoms with Crippen molar-refractivity contribution >= 4 is 17.5 Å². The van der Waals surface area contributed by atoms with E-state index in [0.717, 1.165) is 18.1 Å². The number of hydrogen-bond donors (Lipinski definition) is 0. The lowest BCUT2D eigenvalue weighted by atomic mass is 10.2. The summed E-state index contributed by atoms with van der Waals surface area (Å²) in [6.07, 6.45) is 5.03. The molecule has 0 aromatic carbocycles. The summed E-state index contributed by atoms with van der Waals surface area (Å²) >= 11 is 1.79. The molecule has 0 amide bonds. The number of Topliss-reactive ketones (excluding diaryl/α,β-unsaturated/α-hetero) is 1. The maximum atomic E-state index is 11.1. The average molecular weight is 169 g/mol. The Morgan fingerprint density at radius 2 is 2.55 bits per heavy atom. The number of rotatable bonds is 1. The molecule has 1 aliphatic heterocycles. The Balaban J connectivity index is 2.56. The lowest BCUT2D eigenvalue weighted by Crippen LogP contribution is -2.44. The van der Waals surface area contributed by atoms with E-state index in [1.165, 1.54) is 0 Å². The summed E-state index contributed by atoms with van der Waals surface area (Å²) in [5, 5.41) is 0. The predicted octanol–water partition coefficient (Wildman–Crippen LogP) is 0.236. The summed E-state index contributed by atoms with van der Waals surface area (Å²) < 4.78 is 0. The Hall–Kier alpha value is -0.460. The third-order valence-electron chi connectivity index (χ3n) is 1.84. The van der Waals surface area contributed by atoms with Crippen LogP contribution in [-0.2, 0) is 4.79 Å². The van der Waals surface area contributed by atoms with Gasteiger partial charge in [0.25, 0.3) is 0 Å². The molecule has 0 radical (unpaired) electrons. The molecule has 0 aromatic heterocycles. The number of likely N-dealkylation sites (N-methyl/N-ethyl adjacent to an activating group) is 1. The molecular formula is C8H11NOS. The first-order chi connectivity index (χ1) is 5.25. The zero-order chi connectivity index (χ0) is 8.27. The lowest BCUT2D eigenvalue weighted by molar-refractivity contribution is -0.117. The quantitative estimate of drug-likeness (QED) is 0.414. The fourth-order valence-electron chi connectivity index (χ4n) is 1.06. The van der Waals surface area contributed by atoms with Gasteiger partial charge in [-0.1, -0.05) is 0 Å². The van der Waals surface area contributed by atoms with Crippen LogP contribution in [0, 0.1) is 12.3 Å². The molecule has 2 nitrogen and oxygen atoms in total. The number of ketones is 1. The second-order valence-corrected chi connectivity index (χ2v) is 3.73. The first-order valence-electron chi connectivity index (χ1n) is 3.54. The van der Waals surface area contributed by atoms with Crippen molar-refractivity contribution in [1.29, 1.82) is 0 Å². The van der Waals surface area contributed by atoms with Crippen LogP contribution in [0.15, 0.2) is 0 Å². The van der Waals surface area contributed by atoms with Crippen molar-refractivity contribution in [3.63, 3.8) is 0 Å². The number of thioether (sulfide) groups is 1. The molecule has 60 valence electrons. The van der Waals surface area contributed by atoms with Gasteiger partial charge in [0, 0.05) is 18.1 Å². The maximum absolute atomic E-state index is 11.1. The SMILES string of the molecule is C#CC(=O)C1CSCCN1C. The molecule has 3 heteroatoms. The second kappa shape index (κ2) is 3.80. The van der Waals surface area contributed by atoms with Gasteiger partial charge in [-0.15, -0.1) is 6.42 Å². The third-order valence-corrected chi connectivity index (χ3v) is 2.86. The van der Waals surface area contributed by atoms with Crippen molar-refractivity contribution in [2.45, 2.75) is 6.04 Å². The topological polar surface area (TPSA) is 20.3 Å². The van der Waals surface area contributed by atoms with Crippen LogP contribution in [0.1, 0.15) is 0 Å². The molecule has 0 bridgehead atoms. The molecule has 0 saturated carbocycles. The van der Waals surface area contributed by atoms with Crippen molar-refractivity contribution in [1.82, 2.24) is 4.90 Å². The van der Waals surface area contributed by atoms with Crippen molar-refractivity contribution in [2.75, 3.05) is 25.1 Å². The number of carbonyl (C=O) groups excluding carboxylic acids is 1. The standard InChI is InChI=1S/C8H11NOS/c1-3-8(10)7-6-11-5-4-9(7)2/h1,7H,4-6H2,2H3. The Labute approximate surface area is 71.3 Å². The predicted molar refractivity (Wildman–Crippen MR) is 47.6 cm³/mol. The molecule has 1 aliphatic rings. The number of hydrogen-bond acceptors (Lipinski definition) is 3. The molecular weight excluding hydrogens is 158 g/mol. The highest BCUT2D eigenvalue weighted by molar-refractivity contribution is 7.99. The van der Waals surface area contributed by atoms with Crippen molar-refractivity contribution in [3.8, 4) is 12.3 Å². The van der Waals surface area contributed by atoms with Crippen LogP contribution >= 0.6 is 11.8 Å². The van der Waals surface area contributed by atoms with Gasteiger partial charge in [-0.25, -0.2) is 0 Å². The van der Waals surface area contributed by atoms with Crippen molar-refractivity contribution < 1.29 is 4.79 Å². The van der Waals surface area contributed by atoms with Crippen LogP contribution in [0.2, 0.25) is 0 Å². The summed E-state index contributed by atoms with van der Waals surface area (Å²) in [6.45, 7) is 0.961. The normalized spacial score (nSPS) is 26.0. The fourth-order valence-corrected chi connectivity index (χ4v) is 2.27. The Bertz CT molecular complexity index is 197. The Morgan fingerprint density at radius 1 is 1.82 bits per heavy atom. The van der Waals surface area contributed by atoms with E-state index in [9.17, 15) is 4.79 Å². The van der Waals surface area contributed by atoms with E-state index < -0.39 is 0 Å². The van der Waals surface area contributed by atoms with Gasteiger partial charge in [0.1, 0.15) is 0 Å². The highest BCUT2D eigenvalue weighted by Gasteiger charge is 2.24. The molecule has 1 rings (SSSR count). The van der Waals surface area contributed by atoms with Crippen LogP contribution < -0.4 is 0 Å². The van der Waals surface area contributed by atoms with E-state index in [1.807, 2.05) is 11.9 Å². The molecule has 1 atom stereocenters. The molecule has 1 heterocycles. The summed E-state index contributed by atoms with van der Waals surface area (Å²) in [4.78, 5) is 13.1. The van der Waals surface area contributed by atoms with Crippen molar-refractivity contribution in [2.24, 2.45) is 0 Å².